The summed E-state index contributed by atoms with van der Waals surface area (Å²) in [5.41, 5.74) is 0.299. The second-order valence-corrected chi connectivity index (χ2v) is 4.03. The molecular weight excluding hydrogens is 244 g/mol. The molecule has 2 aromatic heterocycles. The number of nitrogens with one attached hydrogen (secondary N) is 1. The second kappa shape index (κ2) is 4.74. The molecule has 0 radical (unpaired) electrons. The van der Waals surface area contributed by atoms with Crippen LogP contribution in [0.25, 0.3) is 0 Å². The molecule has 0 aromatic carbocycles. The SMILES string of the molecule is O=C(Cn1ccnn1)Nc1ccsc1C(=O)O. The topological polar surface area (TPSA) is 97.1 Å². The summed E-state index contributed by atoms with van der Waals surface area (Å²) >= 11 is 1.06. The minimum Gasteiger partial charge on any atom is -0.477 e. The van der Waals surface area contributed by atoms with Crippen LogP contribution in [0.3, 0.4) is 0 Å². The molecule has 17 heavy (non-hydrogen) atoms. The maximum Gasteiger partial charge on any atom is 0.348 e. The van der Waals surface area contributed by atoms with E-state index in [9.17, 15) is 9.59 Å². The van der Waals surface area contributed by atoms with Crippen LogP contribution in [0.15, 0.2) is 23.8 Å². The Morgan fingerprint density at radius 2 is 2.35 bits per heavy atom. The molecule has 0 atom stereocenters. The van der Waals surface area contributed by atoms with E-state index < -0.39 is 5.97 Å². The Morgan fingerprint density at radius 3 is 3.00 bits per heavy atom. The highest BCUT2D eigenvalue weighted by Crippen LogP contribution is 2.21. The van der Waals surface area contributed by atoms with Crippen molar-refractivity contribution >= 4 is 28.9 Å². The Bertz CT molecular complexity index is 534. The number of carboxylic acid groups (broad SMARTS) is 1. The van der Waals surface area contributed by atoms with E-state index in [0.29, 0.717) is 5.69 Å². The van der Waals surface area contributed by atoms with Crippen LogP contribution in [0.1, 0.15) is 9.67 Å². The van der Waals surface area contributed by atoms with Crippen molar-refractivity contribution in [2.45, 2.75) is 6.54 Å². The van der Waals surface area contributed by atoms with Gasteiger partial charge in [0, 0.05) is 6.20 Å². The fourth-order valence-corrected chi connectivity index (χ4v) is 1.91. The number of carbonyl (C=O) groups is 2. The number of rotatable bonds is 4. The summed E-state index contributed by atoms with van der Waals surface area (Å²) < 4.78 is 1.35. The van der Waals surface area contributed by atoms with E-state index >= 15 is 0 Å². The highest BCUT2D eigenvalue weighted by atomic mass is 32.1. The lowest BCUT2D eigenvalue weighted by Crippen LogP contribution is -2.19. The van der Waals surface area contributed by atoms with Gasteiger partial charge >= 0.3 is 5.97 Å². The number of aromatic nitrogens is 3. The summed E-state index contributed by atoms with van der Waals surface area (Å²) in [6, 6.07) is 1.55. The Hall–Kier alpha value is -2.22. The second-order valence-electron chi connectivity index (χ2n) is 3.12. The van der Waals surface area contributed by atoms with Gasteiger partial charge in [0.15, 0.2) is 0 Å². The largest absolute Gasteiger partial charge is 0.477 e. The molecule has 88 valence electrons. The van der Waals surface area contributed by atoms with Crippen LogP contribution in [0.2, 0.25) is 0 Å². The van der Waals surface area contributed by atoms with Crippen LogP contribution in [0.4, 0.5) is 5.69 Å². The van der Waals surface area contributed by atoms with Crippen molar-refractivity contribution in [2.75, 3.05) is 5.32 Å². The van der Waals surface area contributed by atoms with Gasteiger partial charge in [0.1, 0.15) is 11.4 Å². The molecule has 0 unspecified atom stereocenters. The zero-order valence-corrected chi connectivity index (χ0v) is 9.35. The number of carboxylic acids is 1. The lowest BCUT2D eigenvalue weighted by molar-refractivity contribution is -0.116. The lowest BCUT2D eigenvalue weighted by Gasteiger charge is -2.03. The number of amides is 1. The molecule has 0 aliphatic carbocycles. The molecule has 8 heteroatoms. The van der Waals surface area contributed by atoms with Gasteiger partial charge in [0.25, 0.3) is 0 Å². The van der Waals surface area contributed by atoms with Crippen LogP contribution in [0, 0.1) is 0 Å². The number of thiophene rings is 1. The summed E-state index contributed by atoms with van der Waals surface area (Å²) in [7, 11) is 0. The Kier molecular flexibility index (Phi) is 3.15. The van der Waals surface area contributed by atoms with Crippen molar-refractivity contribution in [3.8, 4) is 0 Å². The molecule has 0 saturated heterocycles. The Balaban J connectivity index is 2.03. The normalized spacial score (nSPS) is 10.1. The van der Waals surface area contributed by atoms with Crippen molar-refractivity contribution in [3.05, 3.63) is 28.7 Å². The molecule has 2 aromatic rings. The lowest BCUT2D eigenvalue weighted by atomic mass is 10.4. The molecule has 2 heterocycles. The minimum atomic E-state index is -1.06. The van der Waals surface area contributed by atoms with E-state index in [-0.39, 0.29) is 17.3 Å². The monoisotopic (exact) mass is 252 g/mol. The molecule has 0 fully saturated rings. The Morgan fingerprint density at radius 1 is 1.53 bits per heavy atom. The van der Waals surface area contributed by atoms with Crippen LogP contribution in [-0.2, 0) is 11.3 Å². The molecular formula is C9H8N4O3S. The molecule has 0 saturated carbocycles. The quantitative estimate of drug-likeness (QED) is 0.833. The van der Waals surface area contributed by atoms with Gasteiger partial charge < -0.3 is 10.4 Å². The molecule has 7 nitrogen and oxygen atoms in total. The van der Waals surface area contributed by atoms with Crippen LogP contribution in [0.5, 0.6) is 0 Å². The van der Waals surface area contributed by atoms with Gasteiger partial charge in [-0.05, 0) is 11.4 Å². The summed E-state index contributed by atoms with van der Waals surface area (Å²) in [6.45, 7) is -0.00505. The van der Waals surface area contributed by atoms with Crippen molar-refractivity contribution in [1.82, 2.24) is 15.0 Å². The first-order valence-corrected chi connectivity index (χ1v) is 5.49. The van der Waals surface area contributed by atoms with E-state index in [0.717, 1.165) is 11.3 Å². The highest BCUT2D eigenvalue weighted by Gasteiger charge is 2.14. The zero-order valence-electron chi connectivity index (χ0n) is 8.53. The van der Waals surface area contributed by atoms with E-state index in [1.54, 1.807) is 17.6 Å². The summed E-state index contributed by atoms with van der Waals surface area (Å²) in [5, 5.41) is 20.2. The number of aromatic carboxylic acids is 1. The molecule has 2 rings (SSSR count). The average molecular weight is 252 g/mol. The van der Waals surface area contributed by atoms with Crippen molar-refractivity contribution in [1.29, 1.82) is 0 Å². The first kappa shape index (κ1) is 11.3. The summed E-state index contributed by atoms with van der Waals surface area (Å²) in [4.78, 5) is 22.5. The number of carbonyl (C=O) groups excluding carboxylic acids is 1. The predicted octanol–water partition coefficient (Wildman–Crippen LogP) is 0.676. The maximum absolute atomic E-state index is 11.6. The molecule has 2 N–H and O–H groups in total. The fraction of sp³-hybridized carbons (Fsp3) is 0.111. The standard InChI is InChI=1S/C9H8N4O3S/c14-7(5-13-3-2-10-12-13)11-6-1-4-17-8(6)9(15)16/h1-4H,5H2,(H,11,14)(H,15,16). The summed E-state index contributed by atoms with van der Waals surface area (Å²) in [6.07, 6.45) is 3.01. The molecule has 0 bridgehead atoms. The molecule has 0 aliphatic rings. The predicted molar refractivity (Wildman–Crippen MR) is 59.9 cm³/mol. The van der Waals surface area contributed by atoms with Gasteiger partial charge in [0.05, 0.1) is 11.9 Å². The zero-order chi connectivity index (χ0) is 12.3. The molecule has 0 spiro atoms. The van der Waals surface area contributed by atoms with Crippen LogP contribution >= 0.6 is 11.3 Å². The maximum atomic E-state index is 11.6. The van der Waals surface area contributed by atoms with Gasteiger partial charge in [-0.3, -0.25) is 4.79 Å². The molecule has 0 aliphatic heterocycles. The van der Waals surface area contributed by atoms with Gasteiger partial charge in [-0.25, -0.2) is 9.48 Å². The minimum absolute atomic E-state index is 0.00505. The van der Waals surface area contributed by atoms with E-state index in [1.165, 1.54) is 10.9 Å². The van der Waals surface area contributed by atoms with Gasteiger partial charge in [-0.1, -0.05) is 5.21 Å². The first-order valence-electron chi connectivity index (χ1n) is 4.61. The van der Waals surface area contributed by atoms with Gasteiger partial charge in [-0.2, -0.15) is 0 Å². The molecule has 1 amide bonds. The number of nitrogens with zero attached hydrogens (tertiary/aromatic N) is 3. The highest BCUT2D eigenvalue weighted by molar-refractivity contribution is 7.12. The Labute approximate surface area is 99.7 Å². The first-order chi connectivity index (χ1) is 8.16. The van der Waals surface area contributed by atoms with E-state index in [4.69, 9.17) is 5.11 Å². The third-order valence-electron chi connectivity index (χ3n) is 1.91. The number of hydrogen-bond donors (Lipinski definition) is 2. The van der Waals surface area contributed by atoms with Crippen LogP contribution < -0.4 is 5.32 Å². The third kappa shape index (κ3) is 2.67. The number of anilines is 1. The van der Waals surface area contributed by atoms with Crippen molar-refractivity contribution < 1.29 is 14.7 Å². The van der Waals surface area contributed by atoms with Gasteiger partial charge in [0.2, 0.25) is 5.91 Å². The summed E-state index contributed by atoms with van der Waals surface area (Å²) in [5.74, 6) is -1.41. The van der Waals surface area contributed by atoms with E-state index in [1.807, 2.05) is 0 Å². The average Bonchev–Trinajstić information content (AvgIpc) is 2.88. The fourth-order valence-electron chi connectivity index (χ4n) is 1.23. The third-order valence-corrected chi connectivity index (χ3v) is 2.81. The smallest absolute Gasteiger partial charge is 0.348 e. The van der Waals surface area contributed by atoms with E-state index in [2.05, 4.69) is 15.6 Å². The van der Waals surface area contributed by atoms with Crippen LogP contribution in [-0.4, -0.2) is 32.0 Å². The van der Waals surface area contributed by atoms with Crippen molar-refractivity contribution in [2.24, 2.45) is 0 Å². The van der Waals surface area contributed by atoms with Gasteiger partial charge in [-0.15, -0.1) is 16.4 Å². The number of hydrogen-bond acceptors (Lipinski definition) is 5. The van der Waals surface area contributed by atoms with Crippen molar-refractivity contribution in [3.63, 3.8) is 0 Å².